The molecule has 0 spiro atoms. The number of hydrogen-bond acceptors (Lipinski definition) is 0. The number of rotatable bonds is 4. The molecular weight excluding hydrogens is 168 g/mol. The molecule has 0 aromatic heterocycles. The first-order valence-corrected chi connectivity index (χ1v) is 6.04. The van der Waals surface area contributed by atoms with E-state index in [-0.39, 0.29) is 0 Å². The molecule has 0 bridgehead atoms. The molecule has 0 heteroatoms. The van der Waals surface area contributed by atoms with Gasteiger partial charge < -0.3 is 0 Å². The molecule has 0 unspecified atom stereocenters. The third kappa shape index (κ3) is 3.01. The van der Waals surface area contributed by atoms with Crippen molar-refractivity contribution in [2.75, 3.05) is 0 Å². The summed E-state index contributed by atoms with van der Waals surface area (Å²) in [6, 6.07) is 0. The first kappa shape index (κ1) is 11.6. The van der Waals surface area contributed by atoms with Gasteiger partial charge in [-0.05, 0) is 44.1 Å². The second-order valence-corrected chi connectivity index (χ2v) is 4.78. The van der Waals surface area contributed by atoms with Crippen LogP contribution in [0.4, 0.5) is 0 Å². The molecule has 0 heterocycles. The minimum absolute atomic E-state index is 0.718. The highest BCUT2D eigenvalue weighted by atomic mass is 14.2. The fraction of sp³-hybridized carbons (Fsp3) is 0.714. The van der Waals surface area contributed by atoms with Gasteiger partial charge in [0.1, 0.15) is 0 Å². The maximum atomic E-state index is 2.48. The van der Waals surface area contributed by atoms with Gasteiger partial charge in [-0.25, -0.2) is 0 Å². The zero-order valence-electron chi connectivity index (χ0n) is 10.2. The second-order valence-electron chi connectivity index (χ2n) is 4.78. The maximum absolute atomic E-state index is 2.48. The average Bonchev–Trinajstić information content (AvgIpc) is 2.51. The van der Waals surface area contributed by atoms with Gasteiger partial charge in [0, 0.05) is 0 Å². The van der Waals surface area contributed by atoms with E-state index < -0.39 is 0 Å². The Morgan fingerprint density at radius 2 is 2.07 bits per heavy atom. The minimum Gasteiger partial charge on any atom is -0.0701 e. The Labute approximate surface area is 89.1 Å². The SMILES string of the molecule is CCC/C(=C/C1=C(C)CCC1)C(C)C. The van der Waals surface area contributed by atoms with Crippen molar-refractivity contribution in [1.29, 1.82) is 0 Å². The fourth-order valence-corrected chi connectivity index (χ4v) is 2.15. The molecule has 0 radical (unpaired) electrons. The largest absolute Gasteiger partial charge is 0.0701 e. The Kier molecular flexibility index (Phi) is 4.44. The molecule has 0 aliphatic heterocycles. The van der Waals surface area contributed by atoms with Gasteiger partial charge in [-0.1, -0.05) is 44.4 Å². The highest BCUT2D eigenvalue weighted by Gasteiger charge is 2.10. The second kappa shape index (κ2) is 5.38. The van der Waals surface area contributed by atoms with Gasteiger partial charge in [0.05, 0.1) is 0 Å². The summed E-state index contributed by atoms with van der Waals surface area (Å²) >= 11 is 0. The zero-order valence-corrected chi connectivity index (χ0v) is 10.2. The van der Waals surface area contributed by atoms with E-state index in [1.807, 2.05) is 0 Å². The summed E-state index contributed by atoms with van der Waals surface area (Å²) < 4.78 is 0. The average molecular weight is 192 g/mol. The Morgan fingerprint density at radius 3 is 2.50 bits per heavy atom. The first-order chi connectivity index (χ1) is 6.65. The van der Waals surface area contributed by atoms with Crippen LogP contribution in [0.2, 0.25) is 0 Å². The van der Waals surface area contributed by atoms with Crippen molar-refractivity contribution in [2.24, 2.45) is 5.92 Å². The van der Waals surface area contributed by atoms with Gasteiger partial charge >= 0.3 is 0 Å². The van der Waals surface area contributed by atoms with E-state index in [1.165, 1.54) is 32.1 Å². The molecule has 0 N–H and O–H groups in total. The molecule has 0 aromatic carbocycles. The lowest BCUT2D eigenvalue weighted by atomic mass is 9.95. The third-order valence-electron chi connectivity index (χ3n) is 3.19. The summed E-state index contributed by atoms with van der Waals surface area (Å²) in [5.41, 5.74) is 4.89. The molecule has 80 valence electrons. The highest BCUT2D eigenvalue weighted by molar-refractivity contribution is 5.31. The molecule has 1 aliphatic carbocycles. The molecule has 0 fully saturated rings. The molecular formula is C14H24. The van der Waals surface area contributed by atoms with Crippen LogP contribution in [0.3, 0.4) is 0 Å². The Morgan fingerprint density at radius 1 is 1.36 bits per heavy atom. The summed E-state index contributed by atoms with van der Waals surface area (Å²) in [5, 5.41) is 0. The summed E-state index contributed by atoms with van der Waals surface area (Å²) in [6.07, 6.45) is 9.03. The van der Waals surface area contributed by atoms with Crippen LogP contribution in [-0.4, -0.2) is 0 Å². The van der Waals surface area contributed by atoms with Gasteiger partial charge in [0.25, 0.3) is 0 Å². The molecule has 0 nitrogen and oxygen atoms in total. The van der Waals surface area contributed by atoms with Crippen molar-refractivity contribution < 1.29 is 0 Å². The Bertz CT molecular complexity index is 241. The molecule has 1 rings (SSSR count). The number of hydrogen-bond donors (Lipinski definition) is 0. The molecule has 0 aromatic rings. The zero-order chi connectivity index (χ0) is 10.6. The Balaban J connectivity index is 2.76. The lowest BCUT2D eigenvalue weighted by Crippen LogP contribution is -1.94. The first-order valence-electron chi connectivity index (χ1n) is 6.04. The van der Waals surface area contributed by atoms with Gasteiger partial charge in [0.2, 0.25) is 0 Å². The predicted octanol–water partition coefficient (Wildman–Crippen LogP) is 4.87. The third-order valence-corrected chi connectivity index (χ3v) is 3.19. The van der Waals surface area contributed by atoms with E-state index in [0.717, 1.165) is 5.92 Å². The summed E-state index contributed by atoms with van der Waals surface area (Å²) in [6.45, 7) is 9.19. The summed E-state index contributed by atoms with van der Waals surface area (Å²) in [4.78, 5) is 0. The standard InChI is InChI=1S/C14H24/c1-5-7-13(11(2)3)10-14-9-6-8-12(14)4/h10-11H,5-9H2,1-4H3/b13-10-. The van der Waals surface area contributed by atoms with Crippen LogP contribution in [0, 0.1) is 5.92 Å². The lowest BCUT2D eigenvalue weighted by Gasteiger charge is -2.11. The predicted molar refractivity (Wildman–Crippen MR) is 64.4 cm³/mol. The van der Waals surface area contributed by atoms with Crippen molar-refractivity contribution in [3.8, 4) is 0 Å². The van der Waals surface area contributed by atoms with E-state index in [9.17, 15) is 0 Å². The van der Waals surface area contributed by atoms with Crippen molar-refractivity contribution in [2.45, 2.75) is 59.8 Å². The minimum atomic E-state index is 0.718. The van der Waals surface area contributed by atoms with Crippen LogP contribution < -0.4 is 0 Å². The van der Waals surface area contributed by atoms with Crippen LogP contribution in [-0.2, 0) is 0 Å². The van der Waals surface area contributed by atoms with E-state index in [4.69, 9.17) is 0 Å². The highest BCUT2D eigenvalue weighted by Crippen LogP contribution is 2.29. The quantitative estimate of drug-likeness (QED) is 0.596. The molecule has 0 amide bonds. The summed E-state index contributed by atoms with van der Waals surface area (Å²) in [5.74, 6) is 0.718. The van der Waals surface area contributed by atoms with Gasteiger partial charge in [0.15, 0.2) is 0 Å². The van der Waals surface area contributed by atoms with Crippen LogP contribution >= 0.6 is 0 Å². The van der Waals surface area contributed by atoms with Gasteiger partial charge in [-0.15, -0.1) is 0 Å². The monoisotopic (exact) mass is 192 g/mol. The topological polar surface area (TPSA) is 0 Å². The normalized spacial score (nSPS) is 18.5. The van der Waals surface area contributed by atoms with Crippen molar-refractivity contribution in [3.63, 3.8) is 0 Å². The van der Waals surface area contributed by atoms with E-state index in [1.54, 1.807) is 16.7 Å². The molecule has 14 heavy (non-hydrogen) atoms. The van der Waals surface area contributed by atoms with Crippen LogP contribution in [0.25, 0.3) is 0 Å². The maximum Gasteiger partial charge on any atom is -0.0257 e. The van der Waals surface area contributed by atoms with Crippen molar-refractivity contribution in [3.05, 3.63) is 22.8 Å². The van der Waals surface area contributed by atoms with Gasteiger partial charge in [-0.2, -0.15) is 0 Å². The fourth-order valence-electron chi connectivity index (χ4n) is 2.15. The number of allylic oxidation sites excluding steroid dienone is 4. The van der Waals surface area contributed by atoms with Crippen LogP contribution in [0.15, 0.2) is 22.8 Å². The van der Waals surface area contributed by atoms with E-state index in [0.29, 0.717) is 0 Å². The Hall–Kier alpha value is -0.520. The van der Waals surface area contributed by atoms with E-state index in [2.05, 4.69) is 33.8 Å². The van der Waals surface area contributed by atoms with Crippen LogP contribution in [0.5, 0.6) is 0 Å². The lowest BCUT2D eigenvalue weighted by molar-refractivity contribution is 0.699. The van der Waals surface area contributed by atoms with Gasteiger partial charge in [-0.3, -0.25) is 0 Å². The van der Waals surface area contributed by atoms with Crippen LogP contribution in [0.1, 0.15) is 59.8 Å². The van der Waals surface area contributed by atoms with Crippen molar-refractivity contribution in [1.82, 2.24) is 0 Å². The molecule has 1 aliphatic rings. The van der Waals surface area contributed by atoms with Crippen molar-refractivity contribution >= 4 is 0 Å². The molecule has 0 atom stereocenters. The summed E-state index contributed by atoms with van der Waals surface area (Å²) in [7, 11) is 0. The van der Waals surface area contributed by atoms with E-state index >= 15 is 0 Å². The molecule has 0 saturated carbocycles. The smallest absolute Gasteiger partial charge is 0.0257 e. The molecule has 0 saturated heterocycles.